The summed E-state index contributed by atoms with van der Waals surface area (Å²) < 4.78 is 14.5. The van der Waals surface area contributed by atoms with Crippen molar-refractivity contribution in [2.24, 2.45) is 0 Å². The van der Waals surface area contributed by atoms with Gasteiger partial charge in [0.25, 0.3) is 0 Å². The van der Waals surface area contributed by atoms with Gasteiger partial charge < -0.3 is 4.90 Å². The predicted octanol–water partition coefficient (Wildman–Crippen LogP) is 2.60. The van der Waals surface area contributed by atoms with Gasteiger partial charge in [0.05, 0.1) is 6.04 Å². The standard InChI is InChI=1S/C13H16BrFN2OS/c1-2-17(13(18)12-7-19-8-16-12)6-9-5-10(14)3-4-11(9)15/h3-5,12,16H,2,6-8H2,1H3. The smallest absolute Gasteiger partial charge is 0.240 e. The number of hydrogen-bond donors (Lipinski definition) is 1. The van der Waals surface area contributed by atoms with Crippen molar-refractivity contribution in [1.29, 1.82) is 0 Å². The Morgan fingerprint density at radius 3 is 3.05 bits per heavy atom. The lowest BCUT2D eigenvalue weighted by molar-refractivity contribution is -0.133. The first-order valence-corrected chi connectivity index (χ1v) is 8.10. The summed E-state index contributed by atoms with van der Waals surface area (Å²) >= 11 is 5.04. The van der Waals surface area contributed by atoms with Gasteiger partial charge in [-0.3, -0.25) is 10.1 Å². The summed E-state index contributed by atoms with van der Waals surface area (Å²) in [6.07, 6.45) is 0. The lowest BCUT2D eigenvalue weighted by Crippen LogP contribution is -2.44. The molecule has 1 heterocycles. The lowest BCUT2D eigenvalue weighted by atomic mass is 10.2. The van der Waals surface area contributed by atoms with Crippen LogP contribution in [0.3, 0.4) is 0 Å². The summed E-state index contributed by atoms with van der Waals surface area (Å²) in [4.78, 5) is 14.0. The van der Waals surface area contributed by atoms with E-state index in [4.69, 9.17) is 0 Å². The number of halogens is 2. The van der Waals surface area contributed by atoms with Gasteiger partial charge in [-0.05, 0) is 25.1 Å². The van der Waals surface area contributed by atoms with Gasteiger partial charge in [-0.1, -0.05) is 15.9 Å². The van der Waals surface area contributed by atoms with Crippen LogP contribution in [-0.2, 0) is 11.3 Å². The van der Waals surface area contributed by atoms with Crippen molar-refractivity contribution in [1.82, 2.24) is 10.2 Å². The predicted molar refractivity (Wildman–Crippen MR) is 79.4 cm³/mol. The first-order valence-electron chi connectivity index (χ1n) is 6.15. The van der Waals surface area contributed by atoms with Gasteiger partial charge >= 0.3 is 0 Å². The number of hydrogen-bond acceptors (Lipinski definition) is 3. The molecule has 0 spiro atoms. The number of likely N-dealkylation sites (N-methyl/N-ethyl adjacent to an activating group) is 1. The van der Waals surface area contributed by atoms with E-state index in [2.05, 4.69) is 21.2 Å². The topological polar surface area (TPSA) is 32.3 Å². The molecule has 104 valence electrons. The van der Waals surface area contributed by atoms with E-state index < -0.39 is 0 Å². The molecule has 2 rings (SSSR count). The third-order valence-corrected chi connectivity index (χ3v) is 4.51. The molecule has 1 unspecified atom stereocenters. The molecule has 19 heavy (non-hydrogen) atoms. The second-order valence-electron chi connectivity index (χ2n) is 4.36. The molecular formula is C13H16BrFN2OS. The molecule has 0 aliphatic carbocycles. The molecule has 1 aromatic rings. The van der Waals surface area contributed by atoms with Gasteiger partial charge in [0.1, 0.15) is 5.82 Å². The van der Waals surface area contributed by atoms with E-state index in [1.165, 1.54) is 6.07 Å². The summed E-state index contributed by atoms with van der Waals surface area (Å²) in [6.45, 7) is 2.80. The molecule has 1 N–H and O–H groups in total. The van der Waals surface area contributed by atoms with Crippen LogP contribution in [0.15, 0.2) is 22.7 Å². The highest BCUT2D eigenvalue weighted by Gasteiger charge is 2.26. The molecule has 1 amide bonds. The maximum Gasteiger partial charge on any atom is 0.240 e. The normalized spacial score (nSPS) is 18.6. The molecule has 1 aliphatic rings. The Balaban J connectivity index is 2.09. The highest BCUT2D eigenvalue weighted by atomic mass is 79.9. The van der Waals surface area contributed by atoms with Gasteiger partial charge in [-0.25, -0.2) is 4.39 Å². The van der Waals surface area contributed by atoms with E-state index in [0.29, 0.717) is 18.7 Å². The first kappa shape index (κ1) is 14.8. The number of carbonyl (C=O) groups excluding carboxylic acids is 1. The lowest BCUT2D eigenvalue weighted by Gasteiger charge is -2.24. The Bertz CT molecular complexity index is 466. The summed E-state index contributed by atoms with van der Waals surface area (Å²) in [5, 5.41) is 3.15. The van der Waals surface area contributed by atoms with Gasteiger partial charge in [-0.15, -0.1) is 11.8 Å². The number of nitrogens with one attached hydrogen (secondary N) is 1. The van der Waals surface area contributed by atoms with Crippen LogP contribution >= 0.6 is 27.7 Å². The maximum atomic E-state index is 13.7. The van der Waals surface area contributed by atoms with Gasteiger partial charge in [0.2, 0.25) is 5.91 Å². The van der Waals surface area contributed by atoms with Crippen molar-refractivity contribution in [3.63, 3.8) is 0 Å². The SMILES string of the molecule is CCN(Cc1cc(Br)ccc1F)C(=O)C1CSCN1. The number of carbonyl (C=O) groups is 1. The monoisotopic (exact) mass is 346 g/mol. The highest BCUT2D eigenvalue weighted by Crippen LogP contribution is 2.19. The van der Waals surface area contributed by atoms with Crippen molar-refractivity contribution in [2.45, 2.75) is 19.5 Å². The largest absolute Gasteiger partial charge is 0.337 e. The second-order valence-corrected chi connectivity index (χ2v) is 6.31. The number of nitrogens with zero attached hydrogens (tertiary/aromatic N) is 1. The van der Waals surface area contributed by atoms with E-state index in [9.17, 15) is 9.18 Å². The summed E-state index contributed by atoms with van der Waals surface area (Å²) in [5.74, 6) is 1.37. The summed E-state index contributed by atoms with van der Waals surface area (Å²) in [7, 11) is 0. The van der Waals surface area contributed by atoms with Crippen LogP contribution in [0.4, 0.5) is 4.39 Å². The van der Waals surface area contributed by atoms with Crippen LogP contribution in [0.1, 0.15) is 12.5 Å². The molecule has 1 atom stereocenters. The molecule has 3 nitrogen and oxygen atoms in total. The molecular weight excluding hydrogens is 331 g/mol. The van der Waals surface area contributed by atoms with E-state index in [-0.39, 0.29) is 17.8 Å². The summed E-state index contributed by atoms with van der Waals surface area (Å²) in [6, 6.07) is 4.66. The first-order chi connectivity index (χ1) is 9.11. The minimum atomic E-state index is -0.275. The quantitative estimate of drug-likeness (QED) is 0.909. The molecule has 0 saturated carbocycles. The van der Waals surface area contributed by atoms with Gasteiger partial charge in [0, 0.05) is 34.8 Å². The molecule has 0 aromatic heterocycles. The Labute approximate surface area is 125 Å². The molecule has 1 aromatic carbocycles. The fraction of sp³-hybridized carbons (Fsp3) is 0.462. The van der Waals surface area contributed by atoms with Crippen molar-refractivity contribution in [3.05, 3.63) is 34.1 Å². The fourth-order valence-electron chi connectivity index (χ4n) is 1.99. The number of rotatable bonds is 4. The molecule has 0 radical (unpaired) electrons. The Morgan fingerprint density at radius 1 is 1.63 bits per heavy atom. The zero-order valence-electron chi connectivity index (χ0n) is 10.7. The molecule has 1 saturated heterocycles. The average molecular weight is 347 g/mol. The minimum Gasteiger partial charge on any atom is -0.337 e. The molecule has 1 aliphatic heterocycles. The van der Waals surface area contributed by atoms with Crippen molar-refractivity contribution in [3.8, 4) is 0 Å². The van der Waals surface area contributed by atoms with Crippen molar-refractivity contribution < 1.29 is 9.18 Å². The molecule has 0 bridgehead atoms. The van der Waals surface area contributed by atoms with E-state index >= 15 is 0 Å². The Kier molecular flexibility index (Phi) is 5.24. The van der Waals surface area contributed by atoms with Crippen LogP contribution in [-0.4, -0.2) is 35.0 Å². The fourth-order valence-corrected chi connectivity index (χ4v) is 3.33. The molecule has 1 fully saturated rings. The van der Waals surface area contributed by atoms with Gasteiger partial charge in [0.15, 0.2) is 0 Å². The zero-order chi connectivity index (χ0) is 13.8. The Morgan fingerprint density at radius 2 is 2.42 bits per heavy atom. The third kappa shape index (κ3) is 3.70. The van der Waals surface area contributed by atoms with Crippen molar-refractivity contribution in [2.75, 3.05) is 18.2 Å². The number of thioether (sulfide) groups is 1. The summed E-state index contributed by atoms with van der Waals surface area (Å²) in [5.41, 5.74) is 0.537. The zero-order valence-corrected chi connectivity index (χ0v) is 13.1. The third-order valence-electron chi connectivity index (χ3n) is 3.08. The van der Waals surface area contributed by atoms with Crippen LogP contribution in [0, 0.1) is 5.82 Å². The minimum absolute atomic E-state index is 0.0480. The average Bonchev–Trinajstić information content (AvgIpc) is 2.93. The number of benzene rings is 1. The highest BCUT2D eigenvalue weighted by molar-refractivity contribution is 9.10. The van der Waals surface area contributed by atoms with E-state index in [0.717, 1.165) is 16.1 Å². The van der Waals surface area contributed by atoms with E-state index in [1.54, 1.807) is 28.8 Å². The maximum absolute atomic E-state index is 13.7. The molecule has 6 heteroatoms. The second kappa shape index (κ2) is 6.72. The van der Waals surface area contributed by atoms with Crippen LogP contribution < -0.4 is 5.32 Å². The van der Waals surface area contributed by atoms with E-state index in [1.807, 2.05) is 6.92 Å². The van der Waals surface area contributed by atoms with Gasteiger partial charge in [-0.2, -0.15) is 0 Å². The van der Waals surface area contributed by atoms with Crippen LogP contribution in [0.5, 0.6) is 0 Å². The Hall–Kier alpha value is -0.590. The van der Waals surface area contributed by atoms with Crippen LogP contribution in [0.2, 0.25) is 0 Å². The number of amides is 1. The van der Waals surface area contributed by atoms with Crippen LogP contribution in [0.25, 0.3) is 0 Å². The van der Waals surface area contributed by atoms with Crippen molar-refractivity contribution >= 4 is 33.6 Å².